The lowest BCUT2D eigenvalue weighted by molar-refractivity contribution is 0.0681. The van der Waals surface area contributed by atoms with Crippen molar-refractivity contribution in [2.75, 3.05) is 7.11 Å². The van der Waals surface area contributed by atoms with Crippen LogP contribution >= 0.6 is 0 Å². The van der Waals surface area contributed by atoms with Gasteiger partial charge in [-0.25, -0.2) is 4.79 Å². The minimum Gasteiger partial charge on any atom is -0.497 e. The van der Waals surface area contributed by atoms with Crippen molar-refractivity contribution < 1.29 is 14.6 Å². The standard InChI is InChI=1S/C10H9N3O3/c1-16-8-4-2-3-7(5-8)13-6-11-12-9(13)10(14)15/h2-6H,1H3,(H,14,15). The quantitative estimate of drug-likeness (QED) is 0.832. The molecule has 1 aromatic heterocycles. The molecule has 0 aliphatic heterocycles. The Morgan fingerprint density at radius 2 is 2.31 bits per heavy atom. The molecular formula is C10H9N3O3. The Balaban J connectivity index is 2.50. The molecule has 0 unspecified atom stereocenters. The zero-order valence-corrected chi connectivity index (χ0v) is 8.49. The van der Waals surface area contributed by atoms with Gasteiger partial charge in [-0.1, -0.05) is 6.07 Å². The maximum absolute atomic E-state index is 10.9. The van der Waals surface area contributed by atoms with Gasteiger partial charge >= 0.3 is 5.97 Å². The highest BCUT2D eigenvalue weighted by atomic mass is 16.5. The molecule has 6 nitrogen and oxygen atoms in total. The van der Waals surface area contributed by atoms with E-state index in [1.807, 2.05) is 0 Å². The van der Waals surface area contributed by atoms with Crippen molar-refractivity contribution in [3.8, 4) is 11.4 Å². The normalized spacial score (nSPS) is 10.1. The van der Waals surface area contributed by atoms with E-state index in [0.29, 0.717) is 11.4 Å². The van der Waals surface area contributed by atoms with Crippen LogP contribution in [0.3, 0.4) is 0 Å². The maximum Gasteiger partial charge on any atom is 0.374 e. The fourth-order valence-electron chi connectivity index (χ4n) is 1.33. The zero-order valence-electron chi connectivity index (χ0n) is 8.49. The van der Waals surface area contributed by atoms with Crippen molar-refractivity contribution in [2.45, 2.75) is 0 Å². The molecule has 0 aliphatic carbocycles. The van der Waals surface area contributed by atoms with Crippen LogP contribution in [0.2, 0.25) is 0 Å². The van der Waals surface area contributed by atoms with Gasteiger partial charge in [-0.2, -0.15) is 0 Å². The molecule has 0 aliphatic rings. The zero-order chi connectivity index (χ0) is 11.5. The highest BCUT2D eigenvalue weighted by Gasteiger charge is 2.13. The van der Waals surface area contributed by atoms with Crippen LogP contribution in [-0.2, 0) is 0 Å². The Kier molecular flexibility index (Phi) is 2.55. The average molecular weight is 219 g/mol. The number of hydrogen-bond acceptors (Lipinski definition) is 4. The fraction of sp³-hybridized carbons (Fsp3) is 0.100. The summed E-state index contributed by atoms with van der Waals surface area (Å²) >= 11 is 0. The molecule has 16 heavy (non-hydrogen) atoms. The molecule has 82 valence electrons. The van der Waals surface area contributed by atoms with Crippen LogP contribution in [0.4, 0.5) is 0 Å². The van der Waals surface area contributed by atoms with Crippen molar-refractivity contribution >= 4 is 5.97 Å². The smallest absolute Gasteiger partial charge is 0.374 e. The second-order valence-electron chi connectivity index (χ2n) is 3.03. The molecule has 0 atom stereocenters. The van der Waals surface area contributed by atoms with Crippen molar-refractivity contribution in [2.24, 2.45) is 0 Å². The van der Waals surface area contributed by atoms with E-state index in [9.17, 15) is 4.79 Å². The molecule has 0 fully saturated rings. The predicted octanol–water partition coefficient (Wildman–Crippen LogP) is 0.974. The Morgan fingerprint density at radius 1 is 1.50 bits per heavy atom. The molecule has 0 amide bonds. The first-order valence-corrected chi connectivity index (χ1v) is 4.50. The monoisotopic (exact) mass is 219 g/mol. The minimum absolute atomic E-state index is 0.131. The number of aromatic carboxylic acids is 1. The fourth-order valence-corrected chi connectivity index (χ4v) is 1.33. The van der Waals surface area contributed by atoms with Crippen LogP contribution in [-0.4, -0.2) is 33.0 Å². The van der Waals surface area contributed by atoms with Gasteiger partial charge in [0.25, 0.3) is 0 Å². The lowest BCUT2D eigenvalue weighted by Crippen LogP contribution is -2.07. The second-order valence-corrected chi connectivity index (χ2v) is 3.03. The van der Waals surface area contributed by atoms with E-state index in [0.717, 1.165) is 0 Å². The topological polar surface area (TPSA) is 77.2 Å². The van der Waals surface area contributed by atoms with Crippen molar-refractivity contribution in [1.82, 2.24) is 14.8 Å². The van der Waals surface area contributed by atoms with Crippen LogP contribution in [0.1, 0.15) is 10.6 Å². The van der Waals surface area contributed by atoms with Crippen LogP contribution in [0, 0.1) is 0 Å². The Bertz CT molecular complexity index is 522. The number of nitrogens with zero attached hydrogens (tertiary/aromatic N) is 3. The Labute approximate surface area is 91.1 Å². The molecule has 2 rings (SSSR count). The van der Waals surface area contributed by atoms with Gasteiger partial charge in [-0.05, 0) is 12.1 Å². The van der Waals surface area contributed by atoms with Gasteiger partial charge in [0, 0.05) is 6.07 Å². The summed E-state index contributed by atoms with van der Waals surface area (Å²) in [6, 6.07) is 6.99. The Morgan fingerprint density at radius 3 is 3.00 bits per heavy atom. The summed E-state index contributed by atoms with van der Waals surface area (Å²) < 4.78 is 6.43. The summed E-state index contributed by atoms with van der Waals surface area (Å²) in [6.45, 7) is 0. The third-order valence-corrected chi connectivity index (χ3v) is 2.07. The van der Waals surface area contributed by atoms with Gasteiger partial charge in [0.1, 0.15) is 12.1 Å². The molecule has 1 aromatic carbocycles. The largest absolute Gasteiger partial charge is 0.497 e. The van der Waals surface area contributed by atoms with Gasteiger partial charge in [0.2, 0.25) is 5.82 Å². The number of hydrogen-bond donors (Lipinski definition) is 1. The number of aromatic nitrogens is 3. The average Bonchev–Trinajstić information content (AvgIpc) is 2.78. The van der Waals surface area contributed by atoms with E-state index in [1.54, 1.807) is 31.4 Å². The van der Waals surface area contributed by atoms with E-state index in [1.165, 1.54) is 10.9 Å². The number of rotatable bonds is 3. The van der Waals surface area contributed by atoms with Crippen LogP contribution < -0.4 is 4.74 Å². The van der Waals surface area contributed by atoms with Gasteiger partial charge in [-0.3, -0.25) is 4.57 Å². The van der Waals surface area contributed by atoms with Crippen LogP contribution in [0.25, 0.3) is 5.69 Å². The predicted molar refractivity (Wildman–Crippen MR) is 54.9 cm³/mol. The van der Waals surface area contributed by atoms with E-state index >= 15 is 0 Å². The van der Waals surface area contributed by atoms with E-state index in [2.05, 4.69) is 10.2 Å². The van der Waals surface area contributed by atoms with Gasteiger partial charge in [0.05, 0.1) is 12.8 Å². The molecule has 0 saturated heterocycles. The molecule has 6 heteroatoms. The molecule has 0 radical (unpaired) electrons. The van der Waals surface area contributed by atoms with Gasteiger partial charge in [-0.15, -0.1) is 10.2 Å². The Hall–Kier alpha value is -2.37. The number of carboxylic acids is 1. The van der Waals surface area contributed by atoms with Crippen molar-refractivity contribution in [3.63, 3.8) is 0 Å². The van der Waals surface area contributed by atoms with E-state index in [-0.39, 0.29) is 5.82 Å². The summed E-state index contributed by atoms with van der Waals surface area (Å²) in [6.07, 6.45) is 1.35. The summed E-state index contributed by atoms with van der Waals surface area (Å²) in [7, 11) is 1.55. The highest BCUT2D eigenvalue weighted by molar-refractivity contribution is 5.84. The molecule has 1 N–H and O–H groups in total. The van der Waals surface area contributed by atoms with Gasteiger partial charge < -0.3 is 9.84 Å². The van der Waals surface area contributed by atoms with Gasteiger partial charge in [0.15, 0.2) is 0 Å². The number of carboxylic acid groups (broad SMARTS) is 1. The summed E-state index contributed by atoms with van der Waals surface area (Å²) in [5, 5.41) is 16.0. The van der Waals surface area contributed by atoms with Crippen molar-refractivity contribution in [1.29, 1.82) is 0 Å². The molecular weight excluding hydrogens is 210 g/mol. The lowest BCUT2D eigenvalue weighted by Gasteiger charge is -2.05. The highest BCUT2D eigenvalue weighted by Crippen LogP contribution is 2.16. The number of ether oxygens (including phenoxy) is 1. The molecule has 0 spiro atoms. The van der Waals surface area contributed by atoms with Crippen LogP contribution in [0.5, 0.6) is 5.75 Å². The third-order valence-electron chi connectivity index (χ3n) is 2.07. The SMILES string of the molecule is COc1cccc(-n2cnnc2C(=O)O)c1. The lowest BCUT2D eigenvalue weighted by atomic mass is 10.3. The first kappa shape index (κ1) is 10.2. The van der Waals surface area contributed by atoms with Crippen molar-refractivity contribution in [3.05, 3.63) is 36.4 Å². The number of carbonyl (C=O) groups is 1. The molecule has 0 saturated carbocycles. The number of methoxy groups -OCH3 is 1. The first-order chi connectivity index (χ1) is 7.72. The third kappa shape index (κ3) is 1.72. The molecule has 1 heterocycles. The summed E-state index contributed by atoms with van der Waals surface area (Å²) in [5.41, 5.74) is 0.641. The maximum atomic E-state index is 10.9. The van der Waals surface area contributed by atoms with E-state index in [4.69, 9.17) is 9.84 Å². The summed E-state index contributed by atoms with van der Waals surface area (Å²) in [4.78, 5) is 10.9. The molecule has 2 aromatic rings. The van der Waals surface area contributed by atoms with E-state index < -0.39 is 5.97 Å². The summed E-state index contributed by atoms with van der Waals surface area (Å²) in [5.74, 6) is -0.615. The second kappa shape index (κ2) is 4.01. The minimum atomic E-state index is -1.12. The van der Waals surface area contributed by atoms with Crippen LogP contribution in [0.15, 0.2) is 30.6 Å². The number of benzene rings is 1. The molecule has 0 bridgehead atoms. The first-order valence-electron chi connectivity index (χ1n) is 4.50.